The highest BCUT2D eigenvalue weighted by atomic mass is 15.1. The number of hydrogen-bond donors (Lipinski definition) is 0. The normalized spacial score (nSPS) is 15.4. The van der Waals surface area contributed by atoms with Crippen molar-refractivity contribution in [2.45, 2.75) is 40.0 Å². The number of para-hydroxylation sites is 1. The van der Waals surface area contributed by atoms with Crippen molar-refractivity contribution in [1.82, 2.24) is 0 Å². The molecule has 0 amide bonds. The largest absolute Gasteiger partial charge is 0.371 e. The van der Waals surface area contributed by atoms with Crippen molar-refractivity contribution >= 4 is 5.69 Å². The Balaban J connectivity index is 2.38. The molecule has 1 aliphatic heterocycles. The summed E-state index contributed by atoms with van der Waals surface area (Å²) in [4.78, 5) is 2.55. The van der Waals surface area contributed by atoms with Crippen molar-refractivity contribution in [3.8, 4) is 0 Å². The number of nitrogens with zero attached hydrogens (tertiary/aromatic N) is 1. The van der Waals surface area contributed by atoms with Gasteiger partial charge >= 0.3 is 0 Å². The molecule has 1 nitrogen and oxygen atoms in total. The van der Waals surface area contributed by atoms with E-state index in [1.54, 1.807) is 16.8 Å². The molecule has 0 aromatic heterocycles. The molecule has 0 spiro atoms. The van der Waals surface area contributed by atoms with Gasteiger partial charge in [0.2, 0.25) is 0 Å². The summed E-state index contributed by atoms with van der Waals surface area (Å²) in [5.74, 6) is 0.743. The first-order chi connectivity index (χ1) is 7.72. The van der Waals surface area contributed by atoms with E-state index in [-0.39, 0.29) is 0 Å². The Kier molecular flexibility index (Phi) is 3.52. The van der Waals surface area contributed by atoms with Crippen LogP contribution in [0.5, 0.6) is 0 Å². The van der Waals surface area contributed by atoms with Crippen LogP contribution in [0.1, 0.15) is 38.3 Å². The molecule has 0 fully saturated rings. The summed E-state index contributed by atoms with van der Waals surface area (Å²) in [6, 6.07) is 6.85. The van der Waals surface area contributed by atoms with Gasteiger partial charge in [-0.2, -0.15) is 0 Å². The monoisotopic (exact) mass is 217 g/mol. The van der Waals surface area contributed by atoms with Crippen molar-refractivity contribution in [2.24, 2.45) is 5.92 Å². The molecule has 1 aliphatic rings. The van der Waals surface area contributed by atoms with E-state index in [4.69, 9.17) is 0 Å². The van der Waals surface area contributed by atoms with Gasteiger partial charge in [-0.15, -0.1) is 0 Å². The lowest BCUT2D eigenvalue weighted by Gasteiger charge is -2.32. The quantitative estimate of drug-likeness (QED) is 0.747. The maximum atomic E-state index is 2.55. The first kappa shape index (κ1) is 11.5. The van der Waals surface area contributed by atoms with Gasteiger partial charge in [0, 0.05) is 18.8 Å². The molecule has 0 unspecified atom stereocenters. The number of rotatable bonds is 3. The average Bonchev–Trinajstić information content (AvgIpc) is 2.28. The van der Waals surface area contributed by atoms with E-state index in [1.165, 1.54) is 25.8 Å². The Hall–Kier alpha value is -0.980. The van der Waals surface area contributed by atoms with Crippen LogP contribution in [-0.2, 0) is 12.8 Å². The number of anilines is 1. The fourth-order valence-electron chi connectivity index (χ4n) is 2.75. The van der Waals surface area contributed by atoms with Gasteiger partial charge in [-0.1, -0.05) is 32.0 Å². The highest BCUT2D eigenvalue weighted by molar-refractivity contribution is 5.61. The summed E-state index contributed by atoms with van der Waals surface area (Å²) in [6.07, 6.45) is 3.78. The van der Waals surface area contributed by atoms with Crippen molar-refractivity contribution in [3.05, 3.63) is 29.3 Å². The zero-order valence-electron chi connectivity index (χ0n) is 10.8. The zero-order valence-corrected chi connectivity index (χ0v) is 10.8. The predicted octanol–water partition coefficient (Wildman–Crippen LogP) is 3.66. The van der Waals surface area contributed by atoms with Crippen LogP contribution in [0.25, 0.3) is 0 Å². The van der Waals surface area contributed by atoms with E-state index < -0.39 is 0 Å². The van der Waals surface area contributed by atoms with E-state index in [1.807, 2.05) is 0 Å². The van der Waals surface area contributed by atoms with Crippen LogP contribution in [0.2, 0.25) is 0 Å². The van der Waals surface area contributed by atoms with Crippen molar-refractivity contribution in [2.75, 3.05) is 18.0 Å². The minimum absolute atomic E-state index is 0.743. The lowest BCUT2D eigenvalue weighted by Crippen LogP contribution is -2.30. The second-order valence-corrected chi connectivity index (χ2v) is 5.21. The molecule has 1 heteroatoms. The third-order valence-corrected chi connectivity index (χ3v) is 3.40. The first-order valence-corrected chi connectivity index (χ1v) is 6.58. The summed E-state index contributed by atoms with van der Waals surface area (Å²) < 4.78 is 0. The fourth-order valence-corrected chi connectivity index (χ4v) is 2.75. The number of aryl methyl sites for hydroxylation is 1. The van der Waals surface area contributed by atoms with Crippen LogP contribution in [0, 0.1) is 5.92 Å². The minimum Gasteiger partial charge on any atom is -0.371 e. The molecule has 0 saturated carbocycles. The lowest BCUT2D eigenvalue weighted by atomic mass is 9.93. The van der Waals surface area contributed by atoms with Crippen molar-refractivity contribution in [1.29, 1.82) is 0 Å². The summed E-state index contributed by atoms with van der Waals surface area (Å²) in [5, 5.41) is 0. The Morgan fingerprint density at radius 2 is 2.12 bits per heavy atom. The molecule has 1 aromatic rings. The van der Waals surface area contributed by atoms with E-state index in [9.17, 15) is 0 Å². The van der Waals surface area contributed by atoms with E-state index in [0.717, 1.165) is 12.5 Å². The Labute approximate surface area is 99.5 Å². The third kappa shape index (κ3) is 2.23. The molecule has 0 saturated heterocycles. The lowest BCUT2D eigenvalue weighted by molar-refractivity contribution is 0.636. The van der Waals surface area contributed by atoms with Crippen LogP contribution in [0.15, 0.2) is 18.2 Å². The SMILES string of the molecule is CCN1CCCc2cccc(CC(C)C)c21. The molecular weight excluding hydrogens is 194 g/mol. The van der Waals surface area contributed by atoms with Crippen LogP contribution >= 0.6 is 0 Å². The topological polar surface area (TPSA) is 3.24 Å². The fraction of sp³-hybridized carbons (Fsp3) is 0.600. The molecule has 0 N–H and O–H groups in total. The molecule has 1 aromatic carbocycles. The maximum Gasteiger partial charge on any atom is 0.0431 e. The van der Waals surface area contributed by atoms with E-state index in [2.05, 4.69) is 43.9 Å². The van der Waals surface area contributed by atoms with Gasteiger partial charge < -0.3 is 4.90 Å². The second-order valence-electron chi connectivity index (χ2n) is 5.21. The number of fused-ring (bicyclic) bond motifs is 1. The van der Waals surface area contributed by atoms with Gasteiger partial charge in [0.15, 0.2) is 0 Å². The molecule has 16 heavy (non-hydrogen) atoms. The maximum absolute atomic E-state index is 2.55. The number of hydrogen-bond acceptors (Lipinski definition) is 1. The Morgan fingerprint density at radius 3 is 2.81 bits per heavy atom. The first-order valence-electron chi connectivity index (χ1n) is 6.58. The van der Waals surface area contributed by atoms with Crippen LogP contribution in [0.3, 0.4) is 0 Å². The zero-order chi connectivity index (χ0) is 11.5. The Bertz CT molecular complexity index is 354. The van der Waals surface area contributed by atoms with Gasteiger partial charge in [0.05, 0.1) is 0 Å². The molecule has 0 radical (unpaired) electrons. The minimum atomic E-state index is 0.743. The molecule has 0 atom stereocenters. The van der Waals surface area contributed by atoms with Gasteiger partial charge in [0.25, 0.3) is 0 Å². The third-order valence-electron chi connectivity index (χ3n) is 3.40. The molecular formula is C15H23N. The van der Waals surface area contributed by atoms with Crippen molar-refractivity contribution in [3.63, 3.8) is 0 Å². The van der Waals surface area contributed by atoms with Crippen LogP contribution in [0.4, 0.5) is 5.69 Å². The summed E-state index contributed by atoms with van der Waals surface area (Å²) >= 11 is 0. The van der Waals surface area contributed by atoms with Gasteiger partial charge in [-0.3, -0.25) is 0 Å². The summed E-state index contributed by atoms with van der Waals surface area (Å²) in [6.45, 7) is 9.25. The predicted molar refractivity (Wildman–Crippen MR) is 71.2 cm³/mol. The number of benzene rings is 1. The molecule has 0 aliphatic carbocycles. The van der Waals surface area contributed by atoms with Gasteiger partial charge in [-0.25, -0.2) is 0 Å². The summed E-state index contributed by atoms with van der Waals surface area (Å²) in [7, 11) is 0. The molecule has 2 rings (SSSR count). The van der Waals surface area contributed by atoms with E-state index >= 15 is 0 Å². The molecule has 88 valence electrons. The second kappa shape index (κ2) is 4.90. The molecule has 1 heterocycles. The van der Waals surface area contributed by atoms with Gasteiger partial charge in [0.1, 0.15) is 0 Å². The van der Waals surface area contributed by atoms with Crippen LogP contribution in [-0.4, -0.2) is 13.1 Å². The highest BCUT2D eigenvalue weighted by Gasteiger charge is 2.18. The van der Waals surface area contributed by atoms with Crippen LogP contribution < -0.4 is 4.90 Å². The Morgan fingerprint density at radius 1 is 1.31 bits per heavy atom. The standard InChI is InChI=1S/C15H23N/c1-4-16-10-6-9-13-7-5-8-14(15(13)16)11-12(2)3/h5,7-8,12H,4,6,9-11H2,1-3H3. The average molecular weight is 217 g/mol. The highest BCUT2D eigenvalue weighted by Crippen LogP contribution is 2.32. The van der Waals surface area contributed by atoms with Crippen molar-refractivity contribution < 1.29 is 0 Å². The van der Waals surface area contributed by atoms with Gasteiger partial charge in [-0.05, 0) is 43.2 Å². The molecule has 0 bridgehead atoms. The smallest absolute Gasteiger partial charge is 0.0431 e. The van der Waals surface area contributed by atoms with E-state index in [0.29, 0.717) is 0 Å². The summed E-state index contributed by atoms with van der Waals surface area (Å²) in [5.41, 5.74) is 4.66.